The summed E-state index contributed by atoms with van der Waals surface area (Å²) in [5.41, 5.74) is -1.44. The Bertz CT molecular complexity index is 796. The number of hydrogen-bond acceptors (Lipinski definition) is 6. The van der Waals surface area contributed by atoms with E-state index in [1.807, 2.05) is 10.3 Å². The van der Waals surface area contributed by atoms with Gasteiger partial charge >= 0.3 is 17.6 Å². The van der Waals surface area contributed by atoms with Crippen molar-refractivity contribution in [1.82, 2.24) is 20.2 Å². The van der Waals surface area contributed by atoms with Gasteiger partial charge in [0, 0.05) is 12.3 Å². The van der Waals surface area contributed by atoms with Gasteiger partial charge in [-0.25, -0.2) is 9.59 Å². The lowest BCUT2D eigenvalue weighted by atomic mass is 10.2. The molecule has 0 aliphatic carbocycles. The average Bonchev–Trinajstić information content (AvgIpc) is 2.48. The van der Waals surface area contributed by atoms with Crippen LogP contribution >= 0.6 is 0 Å². The van der Waals surface area contributed by atoms with Crippen molar-refractivity contribution in [3.8, 4) is 0 Å². The molecule has 1 aromatic heterocycles. The Morgan fingerprint density at radius 1 is 1.20 bits per heavy atom. The van der Waals surface area contributed by atoms with Crippen molar-refractivity contribution in [1.29, 1.82) is 0 Å². The summed E-state index contributed by atoms with van der Waals surface area (Å²) in [5.74, 6) is -4.60. The molecule has 25 heavy (non-hydrogen) atoms. The van der Waals surface area contributed by atoms with Crippen LogP contribution in [0.25, 0.3) is 0 Å². The number of aromatic nitrogens is 2. The van der Waals surface area contributed by atoms with Crippen molar-refractivity contribution in [2.75, 3.05) is 0 Å². The van der Waals surface area contributed by atoms with E-state index in [0.29, 0.717) is 0 Å². The molecular weight excluding hydrogens is 340 g/mol. The lowest BCUT2D eigenvalue weighted by Gasteiger charge is -2.17. The minimum absolute atomic E-state index is 0.481. The van der Waals surface area contributed by atoms with E-state index in [1.165, 1.54) is 6.92 Å². The summed E-state index contributed by atoms with van der Waals surface area (Å²) in [5, 5.41) is 21.7. The van der Waals surface area contributed by atoms with Crippen LogP contribution in [0.3, 0.4) is 0 Å². The standard InChI is InChI=1S/C13H16N4O8/c1-6(11(22)15-7(12(23)24)4-10(20)21)14-9(19)5-17-3-2-8(18)16-13(17)25/h2-3,6-7H,4-5H2,1H3,(H,14,19)(H,15,22)(H,20,21)(H,23,24)(H,16,18,25)/t6-,7-/m0/s1. The molecule has 12 heteroatoms. The Morgan fingerprint density at radius 3 is 2.36 bits per heavy atom. The van der Waals surface area contributed by atoms with Crippen molar-refractivity contribution < 1.29 is 29.4 Å². The van der Waals surface area contributed by atoms with Crippen molar-refractivity contribution in [2.45, 2.75) is 32.0 Å². The first-order valence-corrected chi connectivity index (χ1v) is 6.94. The Kier molecular flexibility index (Phi) is 6.61. The SMILES string of the molecule is C[C@H](NC(=O)Cn1ccc(=O)[nH]c1=O)C(=O)N[C@@H](CC(=O)O)C(=O)O. The quantitative estimate of drug-likeness (QED) is 0.327. The fourth-order valence-electron chi connectivity index (χ4n) is 1.75. The monoisotopic (exact) mass is 356 g/mol. The fraction of sp³-hybridized carbons (Fsp3) is 0.385. The Morgan fingerprint density at radius 2 is 1.84 bits per heavy atom. The van der Waals surface area contributed by atoms with E-state index in [0.717, 1.165) is 16.8 Å². The Hall–Kier alpha value is -3.44. The lowest BCUT2D eigenvalue weighted by Crippen LogP contribution is -2.51. The largest absolute Gasteiger partial charge is 0.481 e. The Balaban J connectivity index is 2.65. The van der Waals surface area contributed by atoms with Gasteiger partial charge in [-0.05, 0) is 6.92 Å². The zero-order chi connectivity index (χ0) is 19.1. The molecule has 0 fully saturated rings. The smallest absolute Gasteiger partial charge is 0.328 e. The van der Waals surface area contributed by atoms with Gasteiger partial charge in [0.15, 0.2) is 0 Å². The van der Waals surface area contributed by atoms with Crippen molar-refractivity contribution >= 4 is 23.8 Å². The van der Waals surface area contributed by atoms with Crippen LogP contribution in [0.5, 0.6) is 0 Å². The predicted octanol–water partition coefficient (Wildman–Crippen LogP) is -2.91. The van der Waals surface area contributed by atoms with Crippen LogP contribution in [-0.2, 0) is 25.7 Å². The highest BCUT2D eigenvalue weighted by Gasteiger charge is 2.26. The maximum Gasteiger partial charge on any atom is 0.328 e. The van der Waals surface area contributed by atoms with Crippen LogP contribution in [0, 0.1) is 0 Å². The van der Waals surface area contributed by atoms with Crippen LogP contribution < -0.4 is 21.9 Å². The Labute approximate surface area is 139 Å². The molecule has 1 heterocycles. The van der Waals surface area contributed by atoms with Crippen molar-refractivity contribution in [3.05, 3.63) is 33.1 Å². The highest BCUT2D eigenvalue weighted by molar-refractivity contribution is 5.91. The number of carboxylic acids is 2. The number of aromatic amines is 1. The lowest BCUT2D eigenvalue weighted by molar-refractivity contribution is -0.147. The number of nitrogens with zero attached hydrogens (tertiary/aromatic N) is 1. The van der Waals surface area contributed by atoms with E-state index in [9.17, 15) is 28.8 Å². The molecule has 1 rings (SSSR count). The van der Waals surface area contributed by atoms with Gasteiger partial charge in [-0.3, -0.25) is 28.7 Å². The van der Waals surface area contributed by atoms with Gasteiger partial charge in [0.05, 0.1) is 6.42 Å². The molecule has 0 saturated carbocycles. The normalized spacial score (nSPS) is 12.7. The molecule has 0 aliphatic heterocycles. The van der Waals surface area contributed by atoms with Crippen LogP contribution in [0.2, 0.25) is 0 Å². The molecular formula is C13H16N4O8. The molecule has 0 unspecified atom stereocenters. The van der Waals surface area contributed by atoms with Gasteiger partial charge in [0.1, 0.15) is 18.6 Å². The number of amides is 2. The van der Waals surface area contributed by atoms with Gasteiger partial charge in [-0.2, -0.15) is 0 Å². The molecule has 0 aliphatic rings. The van der Waals surface area contributed by atoms with E-state index in [-0.39, 0.29) is 0 Å². The second-order valence-electron chi connectivity index (χ2n) is 5.02. The van der Waals surface area contributed by atoms with E-state index in [1.54, 1.807) is 0 Å². The molecule has 0 aromatic carbocycles. The molecule has 2 atom stereocenters. The van der Waals surface area contributed by atoms with Crippen LogP contribution in [0.15, 0.2) is 21.9 Å². The second kappa shape index (κ2) is 8.42. The third-order valence-electron chi connectivity index (χ3n) is 2.97. The van der Waals surface area contributed by atoms with Gasteiger partial charge < -0.3 is 20.8 Å². The maximum absolute atomic E-state index is 11.8. The summed E-state index contributed by atoms with van der Waals surface area (Å²) >= 11 is 0. The zero-order valence-corrected chi connectivity index (χ0v) is 13.0. The molecule has 1 aromatic rings. The van der Waals surface area contributed by atoms with Crippen LogP contribution in [0.4, 0.5) is 0 Å². The minimum Gasteiger partial charge on any atom is -0.481 e. The van der Waals surface area contributed by atoms with E-state index in [2.05, 4.69) is 5.32 Å². The summed E-state index contributed by atoms with van der Waals surface area (Å²) in [7, 11) is 0. The zero-order valence-electron chi connectivity index (χ0n) is 13.0. The third kappa shape index (κ3) is 6.29. The molecule has 0 spiro atoms. The summed E-state index contributed by atoms with van der Waals surface area (Å²) in [6.45, 7) is 0.771. The molecule has 5 N–H and O–H groups in total. The van der Waals surface area contributed by atoms with Crippen LogP contribution in [0.1, 0.15) is 13.3 Å². The van der Waals surface area contributed by atoms with E-state index < -0.39 is 60.1 Å². The number of carbonyl (C=O) groups excluding carboxylic acids is 2. The molecule has 0 radical (unpaired) electrons. The fourth-order valence-corrected chi connectivity index (χ4v) is 1.75. The summed E-state index contributed by atoms with van der Waals surface area (Å²) in [6, 6.07) is -1.79. The summed E-state index contributed by atoms with van der Waals surface area (Å²) < 4.78 is 0.895. The second-order valence-corrected chi connectivity index (χ2v) is 5.02. The van der Waals surface area contributed by atoms with Gasteiger partial charge in [0.2, 0.25) is 11.8 Å². The first-order chi connectivity index (χ1) is 11.6. The minimum atomic E-state index is -1.65. The maximum atomic E-state index is 11.8. The number of aliphatic carboxylic acids is 2. The van der Waals surface area contributed by atoms with Gasteiger partial charge in [-0.1, -0.05) is 0 Å². The number of nitrogens with one attached hydrogen (secondary N) is 3. The topological polar surface area (TPSA) is 188 Å². The molecule has 136 valence electrons. The first-order valence-electron chi connectivity index (χ1n) is 6.94. The first kappa shape index (κ1) is 19.6. The molecule has 0 saturated heterocycles. The highest BCUT2D eigenvalue weighted by Crippen LogP contribution is 1.95. The number of rotatable bonds is 8. The van der Waals surface area contributed by atoms with Crippen molar-refractivity contribution in [3.63, 3.8) is 0 Å². The van der Waals surface area contributed by atoms with E-state index in [4.69, 9.17) is 10.2 Å². The summed E-state index contributed by atoms with van der Waals surface area (Å²) in [4.78, 5) is 69.4. The van der Waals surface area contributed by atoms with Crippen molar-refractivity contribution in [2.24, 2.45) is 0 Å². The molecule has 12 nitrogen and oxygen atoms in total. The molecule has 2 amide bonds. The third-order valence-corrected chi connectivity index (χ3v) is 2.97. The number of H-pyrrole nitrogens is 1. The van der Waals surface area contributed by atoms with Crippen LogP contribution in [-0.4, -0.2) is 55.6 Å². The number of hydrogen-bond donors (Lipinski definition) is 5. The van der Waals surface area contributed by atoms with Gasteiger partial charge in [0.25, 0.3) is 5.56 Å². The number of carbonyl (C=O) groups is 4. The highest BCUT2D eigenvalue weighted by atomic mass is 16.4. The predicted molar refractivity (Wildman–Crippen MR) is 80.7 cm³/mol. The average molecular weight is 356 g/mol. The van der Waals surface area contributed by atoms with Gasteiger partial charge in [-0.15, -0.1) is 0 Å². The summed E-state index contributed by atoms with van der Waals surface area (Å²) in [6.07, 6.45) is 0.271. The number of carboxylic acid groups (broad SMARTS) is 2. The molecule has 0 bridgehead atoms. The van der Waals surface area contributed by atoms with E-state index >= 15 is 0 Å².